The summed E-state index contributed by atoms with van der Waals surface area (Å²) in [5.41, 5.74) is 0. The zero-order chi connectivity index (χ0) is 14.0. The highest BCUT2D eigenvalue weighted by Gasteiger charge is 2.33. The molecule has 0 aliphatic carbocycles. The molecule has 0 bridgehead atoms. The molecule has 0 spiro atoms. The maximum atomic E-state index is 10.9. The fraction of sp³-hybridized carbons (Fsp3) is 0.583. The van der Waals surface area contributed by atoms with Gasteiger partial charge in [-0.15, -0.1) is 13.2 Å². The van der Waals surface area contributed by atoms with E-state index in [9.17, 15) is 15.0 Å². The molecule has 104 valence electrons. The lowest BCUT2D eigenvalue weighted by Gasteiger charge is -2.29. The minimum atomic E-state index is -1.45. The highest BCUT2D eigenvalue weighted by atomic mass is 16.6. The van der Waals surface area contributed by atoms with Crippen molar-refractivity contribution in [3.8, 4) is 0 Å². The Morgan fingerprint density at radius 2 is 1.67 bits per heavy atom. The molecule has 0 heterocycles. The van der Waals surface area contributed by atoms with Crippen LogP contribution in [0.3, 0.4) is 0 Å². The number of hydrogen-bond donors (Lipinski definition) is 3. The van der Waals surface area contributed by atoms with E-state index >= 15 is 0 Å². The van der Waals surface area contributed by atoms with Gasteiger partial charge in [-0.3, -0.25) is 0 Å². The van der Waals surface area contributed by atoms with Crippen molar-refractivity contribution >= 4 is 6.29 Å². The monoisotopic (exact) mass is 260 g/mol. The lowest BCUT2D eigenvalue weighted by atomic mass is 10.0. The first kappa shape index (κ1) is 16.9. The molecule has 0 unspecified atom stereocenters. The molecule has 0 saturated carbocycles. The Balaban J connectivity index is 4.74. The average Bonchev–Trinajstić information content (AvgIpc) is 2.40. The van der Waals surface area contributed by atoms with Gasteiger partial charge in [0.15, 0.2) is 6.29 Å². The molecule has 6 heteroatoms. The Hall–Kier alpha value is -1.05. The van der Waals surface area contributed by atoms with Crippen LogP contribution in [-0.4, -0.2) is 65.8 Å². The molecule has 0 radical (unpaired) electrons. The van der Waals surface area contributed by atoms with Crippen molar-refractivity contribution in [3.05, 3.63) is 25.3 Å². The summed E-state index contributed by atoms with van der Waals surface area (Å²) in [7, 11) is 0. The lowest BCUT2D eigenvalue weighted by molar-refractivity contribution is -0.155. The molecule has 0 saturated heterocycles. The van der Waals surface area contributed by atoms with Crippen molar-refractivity contribution in [1.29, 1.82) is 0 Å². The summed E-state index contributed by atoms with van der Waals surface area (Å²) in [5.74, 6) is 0. The van der Waals surface area contributed by atoms with Gasteiger partial charge < -0.3 is 29.6 Å². The topological polar surface area (TPSA) is 96.2 Å². The van der Waals surface area contributed by atoms with Crippen LogP contribution < -0.4 is 0 Å². The van der Waals surface area contributed by atoms with Crippen LogP contribution >= 0.6 is 0 Å². The second-order valence-electron chi connectivity index (χ2n) is 3.55. The number of ether oxygens (including phenoxy) is 2. The SMILES string of the molecule is C=CCO[C@@H]([C@H](O)[C@H](O)CO)[C@H](C=O)OCC=C. The molecule has 0 amide bonds. The van der Waals surface area contributed by atoms with Crippen molar-refractivity contribution in [3.63, 3.8) is 0 Å². The van der Waals surface area contributed by atoms with Crippen molar-refractivity contribution < 1.29 is 29.6 Å². The molecule has 0 rings (SSSR count). The first-order valence-corrected chi connectivity index (χ1v) is 5.49. The molecule has 0 aliphatic heterocycles. The number of aliphatic hydroxyl groups is 3. The molecule has 0 fully saturated rings. The van der Waals surface area contributed by atoms with Gasteiger partial charge in [0.1, 0.15) is 24.4 Å². The van der Waals surface area contributed by atoms with E-state index in [2.05, 4.69) is 13.2 Å². The van der Waals surface area contributed by atoms with Gasteiger partial charge in [0.25, 0.3) is 0 Å². The third kappa shape index (κ3) is 5.52. The Bertz CT molecular complexity index is 255. The zero-order valence-corrected chi connectivity index (χ0v) is 10.1. The largest absolute Gasteiger partial charge is 0.394 e. The minimum absolute atomic E-state index is 0.0711. The predicted molar refractivity (Wildman–Crippen MR) is 65.0 cm³/mol. The Morgan fingerprint density at radius 1 is 1.11 bits per heavy atom. The maximum Gasteiger partial charge on any atom is 0.151 e. The van der Waals surface area contributed by atoms with Crippen LogP contribution in [-0.2, 0) is 14.3 Å². The Morgan fingerprint density at radius 3 is 2.11 bits per heavy atom. The maximum absolute atomic E-state index is 10.9. The summed E-state index contributed by atoms with van der Waals surface area (Å²) in [6.07, 6.45) is -1.70. The summed E-state index contributed by atoms with van der Waals surface area (Å²) in [6, 6.07) is 0. The van der Waals surface area contributed by atoms with Crippen molar-refractivity contribution in [2.45, 2.75) is 24.4 Å². The standard InChI is InChI=1S/C12H20O6/c1-3-5-17-10(8-14)12(18-6-4-2)11(16)9(15)7-13/h3-4,8-13,15-16H,1-2,5-7H2/t9-,10+,11-,12-/m1/s1. The predicted octanol–water partition coefficient (Wildman–Crippen LogP) is -0.958. The molecule has 0 aromatic rings. The molecule has 0 aliphatic rings. The summed E-state index contributed by atoms with van der Waals surface area (Å²) in [5, 5.41) is 27.9. The normalized spacial score (nSPS) is 17.5. The summed E-state index contributed by atoms with van der Waals surface area (Å²) >= 11 is 0. The number of hydrogen-bond acceptors (Lipinski definition) is 6. The Kier molecular flexibility index (Phi) is 9.35. The van der Waals surface area contributed by atoms with Crippen LogP contribution in [0.1, 0.15) is 0 Å². The number of aldehydes is 1. The van der Waals surface area contributed by atoms with Gasteiger partial charge in [-0.1, -0.05) is 12.2 Å². The van der Waals surface area contributed by atoms with Gasteiger partial charge in [0.05, 0.1) is 19.8 Å². The summed E-state index contributed by atoms with van der Waals surface area (Å²) < 4.78 is 10.3. The second kappa shape index (κ2) is 9.93. The van der Waals surface area contributed by atoms with Crippen molar-refractivity contribution in [2.75, 3.05) is 19.8 Å². The molecular formula is C12H20O6. The van der Waals surface area contributed by atoms with E-state index in [-0.39, 0.29) is 13.2 Å². The van der Waals surface area contributed by atoms with Crippen LogP contribution in [0.5, 0.6) is 0 Å². The average molecular weight is 260 g/mol. The molecule has 3 N–H and O–H groups in total. The van der Waals surface area contributed by atoms with Crippen LogP contribution in [0.15, 0.2) is 25.3 Å². The molecule has 4 atom stereocenters. The molecular weight excluding hydrogens is 240 g/mol. The van der Waals surface area contributed by atoms with Gasteiger partial charge in [-0.25, -0.2) is 0 Å². The summed E-state index contributed by atoms with van der Waals surface area (Å²) in [4.78, 5) is 10.9. The number of rotatable bonds is 11. The van der Waals surface area contributed by atoms with E-state index in [4.69, 9.17) is 14.6 Å². The molecule has 6 nitrogen and oxygen atoms in total. The van der Waals surface area contributed by atoms with E-state index in [1.165, 1.54) is 12.2 Å². The van der Waals surface area contributed by atoms with Gasteiger partial charge in [0, 0.05) is 0 Å². The number of aliphatic hydroxyl groups excluding tert-OH is 3. The van der Waals surface area contributed by atoms with Gasteiger partial charge >= 0.3 is 0 Å². The highest BCUT2D eigenvalue weighted by molar-refractivity contribution is 5.57. The summed E-state index contributed by atoms with van der Waals surface area (Å²) in [6.45, 7) is 6.39. The number of carbonyl (C=O) groups is 1. The second-order valence-corrected chi connectivity index (χ2v) is 3.55. The minimum Gasteiger partial charge on any atom is -0.394 e. The quantitative estimate of drug-likeness (QED) is 0.327. The van der Waals surface area contributed by atoms with Crippen LogP contribution in [0.4, 0.5) is 0 Å². The first-order valence-electron chi connectivity index (χ1n) is 5.49. The number of carbonyl (C=O) groups excluding carboxylic acids is 1. The Labute approximate surface area is 106 Å². The van der Waals surface area contributed by atoms with E-state index in [1.807, 2.05) is 0 Å². The fourth-order valence-electron chi connectivity index (χ4n) is 1.28. The van der Waals surface area contributed by atoms with E-state index in [1.54, 1.807) is 0 Å². The van der Waals surface area contributed by atoms with E-state index in [0.29, 0.717) is 6.29 Å². The smallest absolute Gasteiger partial charge is 0.151 e. The third-order valence-electron chi connectivity index (χ3n) is 2.19. The van der Waals surface area contributed by atoms with Gasteiger partial charge in [0.2, 0.25) is 0 Å². The molecule has 0 aromatic heterocycles. The van der Waals surface area contributed by atoms with Crippen LogP contribution in [0.25, 0.3) is 0 Å². The fourth-order valence-corrected chi connectivity index (χ4v) is 1.28. The van der Waals surface area contributed by atoms with Gasteiger partial charge in [-0.05, 0) is 0 Å². The zero-order valence-electron chi connectivity index (χ0n) is 10.1. The third-order valence-corrected chi connectivity index (χ3v) is 2.19. The van der Waals surface area contributed by atoms with E-state index < -0.39 is 31.0 Å². The van der Waals surface area contributed by atoms with Crippen LogP contribution in [0.2, 0.25) is 0 Å². The van der Waals surface area contributed by atoms with Crippen molar-refractivity contribution in [1.82, 2.24) is 0 Å². The van der Waals surface area contributed by atoms with E-state index in [0.717, 1.165) is 0 Å². The molecule has 0 aromatic carbocycles. The first-order chi connectivity index (χ1) is 8.62. The van der Waals surface area contributed by atoms with Gasteiger partial charge in [-0.2, -0.15) is 0 Å². The van der Waals surface area contributed by atoms with Crippen LogP contribution in [0, 0.1) is 0 Å². The highest BCUT2D eigenvalue weighted by Crippen LogP contribution is 2.11. The van der Waals surface area contributed by atoms with Crippen molar-refractivity contribution in [2.24, 2.45) is 0 Å². The lowest BCUT2D eigenvalue weighted by Crippen LogP contribution is -2.49. The molecule has 18 heavy (non-hydrogen) atoms.